The van der Waals surface area contributed by atoms with E-state index in [1.807, 2.05) is 6.07 Å². The first-order chi connectivity index (χ1) is 14.2. The topological polar surface area (TPSA) is 26.2 Å². The van der Waals surface area contributed by atoms with Crippen molar-refractivity contribution in [3.63, 3.8) is 0 Å². The van der Waals surface area contributed by atoms with Crippen LogP contribution < -0.4 is 5.32 Å². The lowest BCUT2D eigenvalue weighted by molar-refractivity contribution is -0.0382. The summed E-state index contributed by atoms with van der Waals surface area (Å²) in [7, 11) is 2.12. The summed E-state index contributed by atoms with van der Waals surface area (Å²) in [5.74, 6) is 0.0968. The van der Waals surface area contributed by atoms with Crippen molar-refractivity contribution >= 4 is 27.5 Å². The van der Waals surface area contributed by atoms with Crippen LogP contribution in [-0.2, 0) is 11.8 Å². The summed E-state index contributed by atoms with van der Waals surface area (Å²) in [5, 5.41) is 6.26. The highest BCUT2D eigenvalue weighted by Gasteiger charge is 2.40. The van der Waals surface area contributed by atoms with Gasteiger partial charge in [0.05, 0.1) is 12.1 Å². The highest BCUT2D eigenvalue weighted by molar-refractivity contribution is 6.08. The summed E-state index contributed by atoms with van der Waals surface area (Å²) in [6.07, 6.45) is 2.07. The van der Waals surface area contributed by atoms with Gasteiger partial charge < -0.3 is 14.6 Å². The number of benzene rings is 3. The summed E-state index contributed by atoms with van der Waals surface area (Å²) in [4.78, 5) is 0. The normalized spacial score (nSPS) is 23.6. The molecule has 1 saturated heterocycles. The lowest BCUT2D eigenvalue weighted by Crippen LogP contribution is -2.36. The predicted octanol–water partition coefficient (Wildman–Crippen LogP) is 6.11. The third kappa shape index (κ3) is 2.52. The Hall–Kier alpha value is -2.85. The Morgan fingerprint density at radius 2 is 1.86 bits per heavy atom. The number of nitrogens with one attached hydrogen (secondary N) is 1. The van der Waals surface area contributed by atoms with Crippen molar-refractivity contribution in [3.8, 4) is 0 Å². The minimum atomic E-state index is -0.200. The maximum absolute atomic E-state index is 13.9. The monoisotopic (exact) mass is 386 g/mol. The zero-order valence-corrected chi connectivity index (χ0v) is 16.4. The van der Waals surface area contributed by atoms with E-state index < -0.39 is 0 Å². The van der Waals surface area contributed by atoms with E-state index in [-0.39, 0.29) is 18.0 Å². The van der Waals surface area contributed by atoms with Gasteiger partial charge >= 0.3 is 0 Å². The van der Waals surface area contributed by atoms with Crippen LogP contribution in [0.15, 0.2) is 60.7 Å². The van der Waals surface area contributed by atoms with E-state index in [1.54, 1.807) is 6.07 Å². The Bertz CT molecular complexity index is 1240. The van der Waals surface area contributed by atoms with Crippen molar-refractivity contribution in [2.45, 2.75) is 25.0 Å². The predicted molar refractivity (Wildman–Crippen MR) is 115 cm³/mol. The number of hydrogen-bond acceptors (Lipinski definition) is 2. The molecule has 4 aromatic rings. The van der Waals surface area contributed by atoms with Gasteiger partial charge in [-0.2, -0.15) is 0 Å². The number of aromatic nitrogens is 1. The summed E-state index contributed by atoms with van der Waals surface area (Å²) in [6, 6.07) is 20.5. The van der Waals surface area contributed by atoms with Gasteiger partial charge in [0.2, 0.25) is 0 Å². The number of para-hydroxylation sites is 1. The van der Waals surface area contributed by atoms with Gasteiger partial charge in [0, 0.05) is 52.6 Å². The van der Waals surface area contributed by atoms with Gasteiger partial charge in [-0.05, 0) is 54.8 Å². The third-order valence-electron chi connectivity index (χ3n) is 6.72. The average molecular weight is 386 g/mol. The molecule has 0 bridgehead atoms. The van der Waals surface area contributed by atoms with Gasteiger partial charge in [-0.3, -0.25) is 0 Å². The van der Waals surface area contributed by atoms with Gasteiger partial charge in [-0.15, -0.1) is 0 Å². The van der Waals surface area contributed by atoms with E-state index in [0.29, 0.717) is 5.92 Å². The molecule has 3 aromatic carbocycles. The summed E-state index contributed by atoms with van der Waals surface area (Å²) in [5.41, 5.74) is 5.69. The van der Waals surface area contributed by atoms with Crippen LogP contribution in [0, 0.1) is 11.7 Å². The summed E-state index contributed by atoms with van der Waals surface area (Å²) >= 11 is 0. The molecule has 2 aliphatic rings. The highest BCUT2D eigenvalue weighted by atomic mass is 19.1. The van der Waals surface area contributed by atoms with Crippen molar-refractivity contribution in [3.05, 3.63) is 77.6 Å². The number of anilines is 1. The molecule has 1 N–H and O–H groups in total. The second kappa shape index (κ2) is 6.33. The molecule has 0 amide bonds. The molecular formula is C25H23FN2O. The molecule has 6 rings (SSSR count). The van der Waals surface area contributed by atoms with E-state index in [1.165, 1.54) is 33.4 Å². The smallest absolute Gasteiger partial charge is 0.123 e. The maximum Gasteiger partial charge on any atom is 0.123 e. The van der Waals surface area contributed by atoms with Gasteiger partial charge in [-0.1, -0.05) is 24.3 Å². The van der Waals surface area contributed by atoms with Crippen molar-refractivity contribution in [2.24, 2.45) is 13.0 Å². The molecule has 4 heteroatoms. The van der Waals surface area contributed by atoms with Crippen LogP contribution in [0.5, 0.6) is 0 Å². The molecule has 3 heterocycles. The van der Waals surface area contributed by atoms with Crippen LogP contribution in [-0.4, -0.2) is 11.2 Å². The number of fused-ring (bicyclic) bond motifs is 6. The lowest BCUT2D eigenvalue weighted by Gasteiger charge is -2.43. The molecule has 3 nitrogen and oxygen atoms in total. The second-order valence-electron chi connectivity index (χ2n) is 8.30. The number of rotatable bonds is 1. The Morgan fingerprint density at radius 3 is 2.79 bits per heavy atom. The second-order valence-corrected chi connectivity index (χ2v) is 8.30. The van der Waals surface area contributed by atoms with Crippen LogP contribution in [0.4, 0.5) is 10.1 Å². The molecule has 0 radical (unpaired) electrons. The number of halogens is 1. The first-order valence-electron chi connectivity index (χ1n) is 10.4. The summed E-state index contributed by atoms with van der Waals surface area (Å²) in [6.45, 7) is 0.742. The Kier molecular flexibility index (Phi) is 3.72. The molecule has 0 spiro atoms. The first-order valence-corrected chi connectivity index (χ1v) is 10.4. The van der Waals surface area contributed by atoms with Crippen LogP contribution in [0.25, 0.3) is 21.8 Å². The van der Waals surface area contributed by atoms with Gasteiger partial charge in [0.15, 0.2) is 0 Å². The minimum Gasteiger partial charge on any atom is -0.378 e. The molecule has 3 atom stereocenters. The number of aryl methyl sites for hydroxylation is 1. The van der Waals surface area contributed by atoms with Crippen LogP contribution >= 0.6 is 0 Å². The molecule has 1 aromatic heterocycles. The maximum atomic E-state index is 13.9. The molecular weight excluding hydrogens is 363 g/mol. The molecule has 29 heavy (non-hydrogen) atoms. The standard InChI is InChI=1S/C25H23FN2O/c1-28-22-7-3-2-5-17(22)19-13-15(8-11-23(19)28)24-18-6-4-12-29-25(18)20-14-16(26)9-10-21(20)27-24/h2-3,5,7-11,13-14,18,24-25,27H,4,6,12H2,1H3/t18-,24-,25-/m1/s1. The van der Waals surface area contributed by atoms with Gasteiger partial charge in [0.25, 0.3) is 0 Å². The highest BCUT2D eigenvalue weighted by Crippen LogP contribution is 2.49. The molecule has 0 unspecified atom stereocenters. The van der Waals surface area contributed by atoms with E-state index >= 15 is 0 Å². The van der Waals surface area contributed by atoms with Gasteiger partial charge in [-0.25, -0.2) is 4.39 Å². The fourth-order valence-electron chi connectivity index (χ4n) is 5.35. The summed E-state index contributed by atoms with van der Waals surface area (Å²) < 4.78 is 22.3. The van der Waals surface area contributed by atoms with E-state index in [0.717, 1.165) is 30.7 Å². The molecule has 1 fully saturated rings. The zero-order valence-electron chi connectivity index (χ0n) is 16.4. The fraction of sp³-hybridized carbons (Fsp3) is 0.280. The molecule has 0 aliphatic carbocycles. The number of nitrogens with zero attached hydrogens (tertiary/aromatic N) is 1. The number of ether oxygens (including phenoxy) is 1. The van der Waals surface area contributed by atoms with Crippen LogP contribution in [0.1, 0.15) is 36.1 Å². The largest absolute Gasteiger partial charge is 0.378 e. The van der Waals surface area contributed by atoms with Crippen LogP contribution in [0.3, 0.4) is 0 Å². The third-order valence-corrected chi connectivity index (χ3v) is 6.72. The first kappa shape index (κ1) is 17.0. The van der Waals surface area contributed by atoms with Gasteiger partial charge in [0.1, 0.15) is 5.82 Å². The van der Waals surface area contributed by atoms with E-state index in [4.69, 9.17) is 4.74 Å². The molecule has 0 saturated carbocycles. The van der Waals surface area contributed by atoms with Crippen molar-refractivity contribution in [2.75, 3.05) is 11.9 Å². The fourth-order valence-corrected chi connectivity index (χ4v) is 5.35. The zero-order chi connectivity index (χ0) is 19.5. The SMILES string of the molecule is Cn1c2ccccc2c2cc([C@H]3Nc4ccc(F)cc4[C@@H]4OCCC[C@H]34)ccc21. The van der Waals surface area contributed by atoms with E-state index in [2.05, 4.69) is 59.4 Å². The molecule has 2 aliphatic heterocycles. The van der Waals surface area contributed by atoms with Crippen LogP contribution in [0.2, 0.25) is 0 Å². The number of hydrogen-bond donors (Lipinski definition) is 1. The molecule has 146 valence electrons. The Morgan fingerprint density at radius 1 is 1.00 bits per heavy atom. The average Bonchev–Trinajstić information content (AvgIpc) is 3.05. The van der Waals surface area contributed by atoms with Crippen molar-refractivity contribution in [1.29, 1.82) is 0 Å². The quantitative estimate of drug-likeness (QED) is 0.427. The van der Waals surface area contributed by atoms with E-state index in [9.17, 15) is 4.39 Å². The van der Waals surface area contributed by atoms with Crippen molar-refractivity contribution in [1.82, 2.24) is 4.57 Å². The lowest BCUT2D eigenvalue weighted by atomic mass is 9.77. The minimum absolute atomic E-state index is 0.0519. The van der Waals surface area contributed by atoms with Crippen molar-refractivity contribution < 1.29 is 9.13 Å². The Labute approximate surface area is 169 Å². The Balaban J connectivity index is 1.51.